The highest BCUT2D eigenvalue weighted by Gasteiger charge is 2.20. The second-order valence-corrected chi connectivity index (χ2v) is 6.11. The Morgan fingerprint density at radius 2 is 2.15 bits per heavy atom. The lowest BCUT2D eigenvalue weighted by Gasteiger charge is -2.32. The highest BCUT2D eigenvalue weighted by Crippen LogP contribution is 2.19. The van der Waals surface area contributed by atoms with E-state index >= 15 is 0 Å². The number of nitrogens with zero attached hydrogens (tertiary/aromatic N) is 1. The summed E-state index contributed by atoms with van der Waals surface area (Å²) in [5.74, 6) is 0. The number of hydrogen-bond acceptors (Lipinski definition) is 3. The van der Waals surface area contributed by atoms with Crippen LogP contribution in [0.3, 0.4) is 0 Å². The Labute approximate surface area is 122 Å². The highest BCUT2D eigenvalue weighted by molar-refractivity contribution is 5.23. The lowest BCUT2D eigenvalue weighted by atomic mass is 10.1. The first kappa shape index (κ1) is 14.1. The summed E-state index contributed by atoms with van der Waals surface area (Å²) in [5.41, 5.74) is 2.84. The van der Waals surface area contributed by atoms with E-state index in [1.165, 1.54) is 24.0 Å². The van der Waals surface area contributed by atoms with Crippen LogP contribution in [0.15, 0.2) is 24.3 Å². The first-order valence-corrected chi connectivity index (χ1v) is 7.98. The summed E-state index contributed by atoms with van der Waals surface area (Å²) in [6.45, 7) is 7.28. The Bertz CT molecular complexity index is 431. The monoisotopic (exact) mass is 274 g/mol. The van der Waals surface area contributed by atoms with Gasteiger partial charge in [0, 0.05) is 32.2 Å². The molecule has 0 spiro atoms. The molecular weight excluding hydrogens is 248 g/mol. The van der Waals surface area contributed by atoms with E-state index in [1.807, 2.05) is 0 Å². The number of hydrogen-bond donors (Lipinski definition) is 1. The van der Waals surface area contributed by atoms with Crippen molar-refractivity contribution >= 4 is 0 Å². The Hall–Kier alpha value is -0.900. The van der Waals surface area contributed by atoms with Crippen molar-refractivity contribution in [1.29, 1.82) is 0 Å². The van der Waals surface area contributed by atoms with Crippen molar-refractivity contribution in [2.24, 2.45) is 0 Å². The quantitative estimate of drug-likeness (QED) is 0.863. The summed E-state index contributed by atoms with van der Waals surface area (Å²) < 4.78 is 5.74. The lowest BCUT2D eigenvalue weighted by molar-refractivity contribution is -0.0324. The molecule has 3 heteroatoms. The third-order valence-corrected chi connectivity index (χ3v) is 4.25. The van der Waals surface area contributed by atoms with Gasteiger partial charge in [0.2, 0.25) is 0 Å². The van der Waals surface area contributed by atoms with Crippen LogP contribution in [0, 0.1) is 0 Å². The Morgan fingerprint density at radius 1 is 1.30 bits per heavy atom. The van der Waals surface area contributed by atoms with E-state index < -0.39 is 0 Å². The summed E-state index contributed by atoms with van der Waals surface area (Å²) >= 11 is 0. The predicted octanol–water partition coefficient (Wildman–Crippen LogP) is 2.55. The van der Waals surface area contributed by atoms with E-state index in [9.17, 15) is 0 Å². The van der Waals surface area contributed by atoms with Gasteiger partial charge in [-0.25, -0.2) is 0 Å². The fraction of sp³-hybridized carbons (Fsp3) is 0.647. The van der Waals surface area contributed by atoms with Crippen LogP contribution < -0.4 is 5.32 Å². The molecule has 1 saturated carbocycles. The highest BCUT2D eigenvalue weighted by atomic mass is 16.5. The molecular formula is C17H26N2O. The zero-order chi connectivity index (χ0) is 13.8. The Morgan fingerprint density at radius 3 is 2.95 bits per heavy atom. The average Bonchev–Trinajstić information content (AvgIpc) is 3.30. The standard InChI is InChI=1S/C17H26N2O/c1-2-17-13-19(8-9-20-17)12-15-5-3-4-14(10-15)11-18-16-6-7-16/h3-5,10,16-18H,2,6-9,11-13H2,1H3. The molecule has 1 saturated heterocycles. The zero-order valence-electron chi connectivity index (χ0n) is 12.5. The molecule has 1 aliphatic carbocycles. The van der Waals surface area contributed by atoms with Gasteiger partial charge in [0.15, 0.2) is 0 Å². The fourth-order valence-electron chi connectivity index (χ4n) is 2.82. The molecule has 2 aliphatic rings. The fourth-order valence-corrected chi connectivity index (χ4v) is 2.82. The average molecular weight is 274 g/mol. The van der Waals surface area contributed by atoms with Crippen LogP contribution in [0.4, 0.5) is 0 Å². The molecule has 0 aromatic heterocycles. The van der Waals surface area contributed by atoms with Crippen LogP contribution >= 0.6 is 0 Å². The summed E-state index contributed by atoms with van der Waals surface area (Å²) in [6, 6.07) is 9.80. The molecule has 110 valence electrons. The Kier molecular flexibility index (Phi) is 4.71. The largest absolute Gasteiger partial charge is 0.376 e. The van der Waals surface area contributed by atoms with Gasteiger partial charge in [0.1, 0.15) is 0 Å². The molecule has 2 fully saturated rings. The van der Waals surface area contributed by atoms with E-state index in [0.29, 0.717) is 6.10 Å². The van der Waals surface area contributed by atoms with Crippen molar-refractivity contribution in [1.82, 2.24) is 10.2 Å². The first-order valence-electron chi connectivity index (χ1n) is 7.98. The predicted molar refractivity (Wildman–Crippen MR) is 81.6 cm³/mol. The van der Waals surface area contributed by atoms with E-state index in [1.54, 1.807) is 0 Å². The maximum atomic E-state index is 5.74. The number of nitrogens with one attached hydrogen (secondary N) is 1. The van der Waals surface area contributed by atoms with E-state index in [4.69, 9.17) is 4.74 Å². The normalized spacial score (nSPS) is 23.9. The van der Waals surface area contributed by atoms with Crippen LogP contribution in [0.2, 0.25) is 0 Å². The topological polar surface area (TPSA) is 24.5 Å². The van der Waals surface area contributed by atoms with Crippen molar-refractivity contribution in [3.63, 3.8) is 0 Å². The Balaban J connectivity index is 1.54. The number of ether oxygens (including phenoxy) is 1. The zero-order valence-corrected chi connectivity index (χ0v) is 12.5. The minimum Gasteiger partial charge on any atom is -0.376 e. The molecule has 1 N–H and O–H groups in total. The minimum atomic E-state index is 0.420. The van der Waals surface area contributed by atoms with Gasteiger partial charge in [-0.1, -0.05) is 31.2 Å². The SMILES string of the molecule is CCC1CN(Cc2cccc(CNC3CC3)c2)CCO1. The minimum absolute atomic E-state index is 0.420. The van der Waals surface area contributed by atoms with Crippen LogP contribution in [0.25, 0.3) is 0 Å². The second-order valence-electron chi connectivity index (χ2n) is 6.11. The molecule has 1 aromatic carbocycles. The van der Waals surface area contributed by atoms with Crippen LogP contribution in [-0.2, 0) is 17.8 Å². The first-order chi connectivity index (χ1) is 9.83. The summed E-state index contributed by atoms with van der Waals surface area (Å²) in [6.07, 6.45) is 4.24. The van der Waals surface area contributed by atoms with Crippen molar-refractivity contribution in [2.75, 3.05) is 19.7 Å². The molecule has 1 heterocycles. The van der Waals surface area contributed by atoms with Crippen LogP contribution in [0.5, 0.6) is 0 Å². The van der Waals surface area contributed by atoms with Crippen molar-refractivity contribution in [3.8, 4) is 0 Å². The van der Waals surface area contributed by atoms with Gasteiger partial charge in [-0.3, -0.25) is 4.90 Å². The smallest absolute Gasteiger partial charge is 0.0700 e. The number of morpholine rings is 1. The maximum Gasteiger partial charge on any atom is 0.0700 e. The molecule has 0 radical (unpaired) electrons. The molecule has 1 atom stereocenters. The summed E-state index contributed by atoms with van der Waals surface area (Å²) in [7, 11) is 0. The molecule has 1 unspecified atom stereocenters. The molecule has 1 aliphatic heterocycles. The summed E-state index contributed by atoms with van der Waals surface area (Å²) in [5, 5.41) is 3.59. The van der Waals surface area contributed by atoms with Gasteiger partial charge >= 0.3 is 0 Å². The number of benzene rings is 1. The van der Waals surface area contributed by atoms with E-state index in [-0.39, 0.29) is 0 Å². The van der Waals surface area contributed by atoms with Crippen molar-refractivity contribution in [2.45, 2.75) is 51.4 Å². The third-order valence-electron chi connectivity index (χ3n) is 4.25. The van der Waals surface area contributed by atoms with Crippen LogP contribution in [-0.4, -0.2) is 36.7 Å². The molecule has 0 amide bonds. The third kappa shape index (κ3) is 4.05. The van der Waals surface area contributed by atoms with Crippen LogP contribution in [0.1, 0.15) is 37.3 Å². The van der Waals surface area contributed by atoms with E-state index in [2.05, 4.69) is 41.4 Å². The van der Waals surface area contributed by atoms with Gasteiger partial charge in [-0.2, -0.15) is 0 Å². The summed E-state index contributed by atoms with van der Waals surface area (Å²) in [4.78, 5) is 2.52. The molecule has 3 nitrogen and oxygen atoms in total. The lowest BCUT2D eigenvalue weighted by Crippen LogP contribution is -2.41. The van der Waals surface area contributed by atoms with E-state index in [0.717, 1.165) is 45.2 Å². The van der Waals surface area contributed by atoms with Gasteiger partial charge in [-0.15, -0.1) is 0 Å². The van der Waals surface area contributed by atoms with Crippen molar-refractivity contribution in [3.05, 3.63) is 35.4 Å². The molecule has 0 bridgehead atoms. The van der Waals surface area contributed by atoms with Gasteiger partial charge in [0.25, 0.3) is 0 Å². The van der Waals surface area contributed by atoms with Gasteiger partial charge in [-0.05, 0) is 30.4 Å². The van der Waals surface area contributed by atoms with Crippen molar-refractivity contribution < 1.29 is 4.74 Å². The number of rotatable bonds is 6. The second kappa shape index (κ2) is 6.70. The van der Waals surface area contributed by atoms with Gasteiger partial charge in [0.05, 0.1) is 12.7 Å². The molecule has 20 heavy (non-hydrogen) atoms. The molecule has 1 aromatic rings. The maximum absolute atomic E-state index is 5.74. The van der Waals surface area contributed by atoms with Gasteiger partial charge < -0.3 is 10.1 Å². The molecule has 3 rings (SSSR count).